The molecular formula is C10H18N2S. The Morgan fingerprint density at radius 1 is 1.69 bits per heavy atom. The van der Waals surface area contributed by atoms with Crippen LogP contribution in [0.4, 0.5) is 0 Å². The summed E-state index contributed by atoms with van der Waals surface area (Å²) in [7, 11) is 0. The fourth-order valence-corrected chi connectivity index (χ4v) is 1.97. The largest absolute Gasteiger partial charge is 0.297 e. The van der Waals surface area contributed by atoms with E-state index in [0.717, 1.165) is 6.42 Å². The molecule has 0 heterocycles. The normalized spacial score (nSPS) is 23.2. The topological polar surface area (TPSA) is 35.8 Å². The van der Waals surface area contributed by atoms with Crippen LogP contribution in [0.15, 0.2) is 0 Å². The van der Waals surface area contributed by atoms with E-state index in [1.54, 1.807) is 0 Å². The summed E-state index contributed by atoms with van der Waals surface area (Å²) in [5.41, 5.74) is -0.316. The molecule has 1 rings (SSSR count). The summed E-state index contributed by atoms with van der Waals surface area (Å²) in [6.45, 7) is 4.19. The highest BCUT2D eigenvalue weighted by Crippen LogP contribution is 2.26. The summed E-state index contributed by atoms with van der Waals surface area (Å²) < 4.78 is 0. The van der Waals surface area contributed by atoms with E-state index in [9.17, 15) is 0 Å². The number of nitrogens with one attached hydrogen (secondary N) is 1. The molecule has 1 fully saturated rings. The second kappa shape index (κ2) is 4.34. The minimum absolute atomic E-state index is 0.316. The molecule has 1 aliphatic rings. The zero-order valence-electron chi connectivity index (χ0n) is 8.63. The van der Waals surface area contributed by atoms with E-state index in [0.29, 0.717) is 11.3 Å². The number of rotatable bonds is 5. The molecule has 2 unspecified atom stereocenters. The Labute approximate surface area is 85.1 Å². The summed E-state index contributed by atoms with van der Waals surface area (Å²) >= 11 is 1.82. The van der Waals surface area contributed by atoms with Gasteiger partial charge in [-0.15, -0.1) is 0 Å². The molecule has 0 amide bonds. The zero-order valence-corrected chi connectivity index (χ0v) is 9.45. The lowest BCUT2D eigenvalue weighted by molar-refractivity contribution is 0.415. The van der Waals surface area contributed by atoms with Gasteiger partial charge in [-0.25, -0.2) is 0 Å². The fraction of sp³-hybridized carbons (Fsp3) is 0.900. The average Bonchev–Trinajstić information content (AvgIpc) is 2.88. The number of nitrogens with zero attached hydrogens (tertiary/aromatic N) is 1. The van der Waals surface area contributed by atoms with Gasteiger partial charge in [0, 0.05) is 11.3 Å². The lowest BCUT2D eigenvalue weighted by atomic mass is 9.98. The van der Waals surface area contributed by atoms with Gasteiger partial charge < -0.3 is 0 Å². The maximum absolute atomic E-state index is 9.08. The van der Waals surface area contributed by atoms with Crippen LogP contribution in [0.25, 0.3) is 0 Å². The molecule has 3 heteroatoms. The van der Waals surface area contributed by atoms with Gasteiger partial charge in [-0.05, 0) is 32.4 Å². The minimum Gasteiger partial charge on any atom is -0.297 e. The predicted molar refractivity (Wildman–Crippen MR) is 57.8 cm³/mol. The first-order chi connectivity index (χ1) is 6.09. The van der Waals surface area contributed by atoms with Gasteiger partial charge in [-0.1, -0.05) is 6.92 Å². The van der Waals surface area contributed by atoms with E-state index in [2.05, 4.69) is 24.6 Å². The second-order valence-electron chi connectivity index (χ2n) is 4.11. The Bertz CT molecular complexity index is 207. The summed E-state index contributed by atoms with van der Waals surface area (Å²) in [4.78, 5) is 0. The molecular weight excluding hydrogens is 180 g/mol. The maximum atomic E-state index is 9.08. The molecule has 0 aromatic rings. The third-order valence-corrected chi connectivity index (χ3v) is 3.42. The molecule has 2 nitrogen and oxygen atoms in total. The highest BCUT2D eigenvalue weighted by Gasteiger charge is 2.33. The van der Waals surface area contributed by atoms with Crippen molar-refractivity contribution in [2.75, 3.05) is 6.26 Å². The van der Waals surface area contributed by atoms with Gasteiger partial charge in [-0.2, -0.15) is 17.0 Å². The van der Waals surface area contributed by atoms with Crippen molar-refractivity contribution in [2.24, 2.45) is 0 Å². The lowest BCUT2D eigenvalue weighted by Crippen LogP contribution is -2.44. The number of thioether (sulfide) groups is 1. The number of hydrogen-bond acceptors (Lipinski definition) is 3. The second-order valence-corrected chi connectivity index (χ2v) is 5.39. The van der Waals surface area contributed by atoms with Gasteiger partial charge in [0.15, 0.2) is 0 Å². The molecule has 13 heavy (non-hydrogen) atoms. The van der Waals surface area contributed by atoms with Crippen LogP contribution in [-0.2, 0) is 0 Å². The molecule has 74 valence electrons. The summed E-state index contributed by atoms with van der Waals surface area (Å²) in [6, 6.07) is 3.00. The fourth-order valence-electron chi connectivity index (χ4n) is 1.47. The Morgan fingerprint density at radius 2 is 2.31 bits per heavy atom. The quantitative estimate of drug-likeness (QED) is 0.735. The van der Waals surface area contributed by atoms with Crippen LogP contribution in [0.1, 0.15) is 33.1 Å². The van der Waals surface area contributed by atoms with Crippen molar-refractivity contribution in [1.82, 2.24) is 5.32 Å². The smallest absolute Gasteiger partial charge is 0.105 e. The van der Waals surface area contributed by atoms with Crippen molar-refractivity contribution in [1.29, 1.82) is 5.26 Å². The molecule has 2 atom stereocenters. The Balaban J connectivity index is 2.42. The molecule has 0 aromatic carbocycles. The Kier molecular flexibility index (Phi) is 3.63. The monoisotopic (exact) mass is 198 g/mol. The molecule has 1 aliphatic carbocycles. The van der Waals surface area contributed by atoms with Crippen molar-refractivity contribution in [3.8, 4) is 6.07 Å². The van der Waals surface area contributed by atoms with Crippen molar-refractivity contribution in [3.63, 3.8) is 0 Å². The Hall–Kier alpha value is -0.200. The molecule has 0 spiro atoms. The van der Waals surface area contributed by atoms with Gasteiger partial charge in [0.1, 0.15) is 5.54 Å². The van der Waals surface area contributed by atoms with Gasteiger partial charge in [-0.3, -0.25) is 5.32 Å². The minimum atomic E-state index is -0.316. The lowest BCUT2D eigenvalue weighted by Gasteiger charge is -2.25. The van der Waals surface area contributed by atoms with Crippen LogP contribution in [-0.4, -0.2) is 23.1 Å². The third-order valence-electron chi connectivity index (χ3n) is 2.44. The first-order valence-electron chi connectivity index (χ1n) is 4.81. The first kappa shape index (κ1) is 10.9. The Morgan fingerprint density at radius 3 is 2.69 bits per heavy atom. The van der Waals surface area contributed by atoms with Crippen LogP contribution in [0.2, 0.25) is 0 Å². The molecule has 1 saturated carbocycles. The number of nitriles is 1. The van der Waals surface area contributed by atoms with E-state index in [1.165, 1.54) is 12.8 Å². The van der Waals surface area contributed by atoms with E-state index in [4.69, 9.17) is 5.26 Å². The third kappa shape index (κ3) is 3.58. The van der Waals surface area contributed by atoms with Crippen LogP contribution >= 0.6 is 11.8 Å². The van der Waals surface area contributed by atoms with Crippen LogP contribution in [0.3, 0.4) is 0 Å². The van der Waals surface area contributed by atoms with Crippen molar-refractivity contribution < 1.29 is 0 Å². The summed E-state index contributed by atoms with van der Waals surface area (Å²) in [5, 5.41) is 13.0. The van der Waals surface area contributed by atoms with E-state index >= 15 is 0 Å². The highest BCUT2D eigenvalue weighted by molar-refractivity contribution is 7.99. The average molecular weight is 198 g/mol. The van der Waals surface area contributed by atoms with Crippen LogP contribution < -0.4 is 5.32 Å². The van der Waals surface area contributed by atoms with Gasteiger partial charge in [0.05, 0.1) is 6.07 Å². The highest BCUT2D eigenvalue weighted by atomic mass is 32.2. The molecule has 0 radical (unpaired) electrons. The van der Waals surface area contributed by atoms with Crippen molar-refractivity contribution >= 4 is 11.8 Å². The standard InChI is InChI=1S/C10H18N2S/c1-8(13-3)6-10(2,7-11)12-9-4-5-9/h8-9,12H,4-6H2,1-3H3. The molecule has 1 N–H and O–H groups in total. The predicted octanol–water partition coefficient (Wildman–Crippen LogP) is 2.16. The van der Waals surface area contributed by atoms with Crippen molar-refractivity contribution in [3.05, 3.63) is 0 Å². The maximum Gasteiger partial charge on any atom is 0.105 e. The zero-order chi connectivity index (χ0) is 9.90. The van der Waals surface area contributed by atoms with Gasteiger partial charge >= 0.3 is 0 Å². The van der Waals surface area contributed by atoms with E-state index in [1.807, 2.05) is 18.7 Å². The van der Waals surface area contributed by atoms with Gasteiger partial charge in [0.2, 0.25) is 0 Å². The van der Waals surface area contributed by atoms with Gasteiger partial charge in [0.25, 0.3) is 0 Å². The summed E-state index contributed by atoms with van der Waals surface area (Å²) in [6.07, 6.45) is 5.51. The van der Waals surface area contributed by atoms with Crippen molar-refractivity contribution in [2.45, 2.75) is 49.9 Å². The summed E-state index contributed by atoms with van der Waals surface area (Å²) in [5.74, 6) is 0. The molecule has 0 bridgehead atoms. The van der Waals surface area contributed by atoms with E-state index < -0.39 is 0 Å². The van der Waals surface area contributed by atoms with Crippen LogP contribution in [0, 0.1) is 11.3 Å². The molecule has 0 saturated heterocycles. The molecule has 0 aromatic heterocycles. The van der Waals surface area contributed by atoms with Crippen LogP contribution in [0.5, 0.6) is 0 Å². The molecule has 0 aliphatic heterocycles. The first-order valence-corrected chi connectivity index (χ1v) is 6.10. The van der Waals surface area contributed by atoms with E-state index in [-0.39, 0.29) is 5.54 Å². The SMILES string of the molecule is CSC(C)CC(C)(C#N)NC1CC1. The number of hydrogen-bond donors (Lipinski definition) is 1.